The first-order valence-corrected chi connectivity index (χ1v) is 8.10. The van der Waals surface area contributed by atoms with Crippen molar-refractivity contribution in [3.8, 4) is 11.5 Å². The van der Waals surface area contributed by atoms with Gasteiger partial charge in [0.1, 0.15) is 15.9 Å². The lowest BCUT2D eigenvalue weighted by molar-refractivity contribution is 0.0952. The van der Waals surface area contributed by atoms with E-state index in [1.165, 1.54) is 19.2 Å². The monoisotopic (exact) mass is 314 g/mol. The predicted octanol–water partition coefficient (Wildman–Crippen LogP) is 2.91. The molecule has 0 spiro atoms. The van der Waals surface area contributed by atoms with Gasteiger partial charge in [-0.25, -0.2) is 5.43 Å². The van der Waals surface area contributed by atoms with E-state index in [0.717, 1.165) is 15.9 Å². The number of nitrogens with one attached hydrogen (secondary N) is 1. The highest BCUT2D eigenvalue weighted by atomic mass is 32.2. The van der Waals surface area contributed by atoms with Gasteiger partial charge in [-0.3, -0.25) is 4.79 Å². The second-order valence-electron chi connectivity index (χ2n) is 3.57. The van der Waals surface area contributed by atoms with E-state index in [0.29, 0.717) is 5.75 Å². The Hall–Kier alpha value is -1.34. The molecule has 110 valence electrons. The van der Waals surface area contributed by atoms with E-state index >= 15 is 0 Å². The molecule has 20 heavy (non-hydrogen) atoms. The molecule has 0 aromatic heterocycles. The van der Waals surface area contributed by atoms with Crippen LogP contribution in [0.4, 0.5) is 0 Å². The van der Waals surface area contributed by atoms with E-state index in [1.54, 1.807) is 29.6 Å². The van der Waals surface area contributed by atoms with Crippen LogP contribution >= 0.6 is 23.5 Å². The molecule has 2 N–H and O–H groups in total. The summed E-state index contributed by atoms with van der Waals surface area (Å²) in [7, 11) is 1.50. The number of hydrogen-bond acceptors (Lipinski definition) is 6. The second kappa shape index (κ2) is 8.76. The average molecular weight is 314 g/mol. The SMILES string of the molecule is CCSC(=NNC(=O)c1ccc(OC)cc1O)SCC. The molecule has 0 aliphatic rings. The molecule has 0 atom stereocenters. The number of thioether (sulfide) groups is 2. The lowest BCUT2D eigenvalue weighted by Gasteiger charge is -2.07. The first-order chi connectivity index (χ1) is 9.62. The predicted molar refractivity (Wildman–Crippen MR) is 85.8 cm³/mol. The summed E-state index contributed by atoms with van der Waals surface area (Å²) in [5.74, 6) is 1.68. The van der Waals surface area contributed by atoms with E-state index in [2.05, 4.69) is 10.5 Å². The Kier molecular flexibility index (Phi) is 7.32. The van der Waals surface area contributed by atoms with Crippen LogP contribution in [0.15, 0.2) is 23.3 Å². The second-order valence-corrected chi connectivity index (χ2v) is 6.33. The molecular formula is C13H18N2O3S2. The zero-order valence-electron chi connectivity index (χ0n) is 11.7. The summed E-state index contributed by atoms with van der Waals surface area (Å²) in [5, 5.41) is 13.8. The number of carbonyl (C=O) groups is 1. The van der Waals surface area contributed by atoms with Gasteiger partial charge in [0.05, 0.1) is 12.7 Å². The average Bonchev–Trinajstić information content (AvgIpc) is 2.44. The molecule has 0 bridgehead atoms. The number of carbonyl (C=O) groups excluding carboxylic acids is 1. The molecule has 0 saturated heterocycles. The highest BCUT2D eigenvalue weighted by Gasteiger charge is 2.11. The van der Waals surface area contributed by atoms with Crippen molar-refractivity contribution in [3.05, 3.63) is 23.8 Å². The highest BCUT2D eigenvalue weighted by molar-refractivity contribution is 8.38. The molecule has 0 aliphatic carbocycles. The number of phenols is 1. The van der Waals surface area contributed by atoms with Gasteiger partial charge in [-0.1, -0.05) is 37.4 Å². The number of ether oxygens (including phenoxy) is 1. The van der Waals surface area contributed by atoms with E-state index in [9.17, 15) is 9.90 Å². The molecule has 5 nitrogen and oxygen atoms in total. The summed E-state index contributed by atoms with van der Waals surface area (Å²) in [5.41, 5.74) is 2.62. The third-order valence-electron chi connectivity index (χ3n) is 2.23. The van der Waals surface area contributed by atoms with Gasteiger partial charge in [-0.15, -0.1) is 0 Å². The summed E-state index contributed by atoms with van der Waals surface area (Å²) >= 11 is 3.13. The number of benzene rings is 1. The zero-order chi connectivity index (χ0) is 15.0. The number of rotatable bonds is 5. The Morgan fingerprint density at radius 2 is 2.00 bits per heavy atom. The van der Waals surface area contributed by atoms with Crippen molar-refractivity contribution in [1.82, 2.24) is 5.43 Å². The summed E-state index contributed by atoms with van der Waals surface area (Å²) in [6.45, 7) is 4.04. The zero-order valence-corrected chi connectivity index (χ0v) is 13.3. The maximum Gasteiger partial charge on any atom is 0.275 e. The van der Waals surface area contributed by atoms with Crippen molar-refractivity contribution in [2.45, 2.75) is 13.8 Å². The quantitative estimate of drug-likeness (QED) is 0.497. The number of nitrogens with zero attached hydrogens (tertiary/aromatic N) is 1. The van der Waals surface area contributed by atoms with Crippen LogP contribution in [0.25, 0.3) is 0 Å². The van der Waals surface area contributed by atoms with Crippen molar-refractivity contribution in [3.63, 3.8) is 0 Å². The molecule has 0 radical (unpaired) electrons. The number of hydrogen-bond donors (Lipinski definition) is 2. The Morgan fingerprint density at radius 1 is 1.35 bits per heavy atom. The molecule has 0 aliphatic heterocycles. The normalized spacial score (nSPS) is 9.95. The smallest absolute Gasteiger partial charge is 0.275 e. The van der Waals surface area contributed by atoms with Crippen LogP contribution < -0.4 is 10.2 Å². The molecule has 1 rings (SSSR count). The molecule has 1 aromatic rings. The van der Waals surface area contributed by atoms with Gasteiger partial charge >= 0.3 is 0 Å². The molecule has 0 saturated carbocycles. The first kappa shape index (κ1) is 16.7. The lowest BCUT2D eigenvalue weighted by atomic mass is 10.2. The minimum Gasteiger partial charge on any atom is -0.507 e. The topological polar surface area (TPSA) is 70.9 Å². The molecular weight excluding hydrogens is 296 g/mol. The van der Waals surface area contributed by atoms with Crippen molar-refractivity contribution < 1.29 is 14.6 Å². The Morgan fingerprint density at radius 3 is 2.50 bits per heavy atom. The van der Waals surface area contributed by atoms with Crippen molar-refractivity contribution >= 4 is 33.8 Å². The lowest BCUT2D eigenvalue weighted by Crippen LogP contribution is -2.18. The number of phenolic OH excluding ortho intramolecular Hbond substituents is 1. The van der Waals surface area contributed by atoms with Gasteiger partial charge in [0.15, 0.2) is 0 Å². The largest absolute Gasteiger partial charge is 0.507 e. The molecule has 1 amide bonds. The van der Waals surface area contributed by atoms with Crippen molar-refractivity contribution in [2.75, 3.05) is 18.6 Å². The number of aromatic hydroxyl groups is 1. The van der Waals surface area contributed by atoms with Gasteiger partial charge in [0.25, 0.3) is 5.91 Å². The van der Waals surface area contributed by atoms with Crippen LogP contribution in [-0.4, -0.2) is 34.0 Å². The molecule has 1 aromatic carbocycles. The number of amides is 1. The van der Waals surface area contributed by atoms with Crippen LogP contribution in [0.3, 0.4) is 0 Å². The molecule has 7 heteroatoms. The molecule has 0 heterocycles. The standard InChI is InChI=1S/C13H18N2O3S2/c1-4-19-13(20-5-2)15-14-12(17)10-7-6-9(18-3)8-11(10)16/h6-8,16H,4-5H2,1-3H3,(H,14,17). The van der Waals surface area contributed by atoms with Gasteiger partial charge < -0.3 is 9.84 Å². The van der Waals surface area contributed by atoms with Gasteiger partial charge in [0.2, 0.25) is 0 Å². The molecule has 0 unspecified atom stereocenters. The summed E-state index contributed by atoms with van der Waals surface area (Å²) in [6, 6.07) is 4.50. The Labute approximate surface area is 127 Å². The van der Waals surface area contributed by atoms with E-state index in [-0.39, 0.29) is 11.3 Å². The van der Waals surface area contributed by atoms with Crippen molar-refractivity contribution in [2.24, 2.45) is 5.10 Å². The highest BCUT2D eigenvalue weighted by Crippen LogP contribution is 2.23. The fourth-order valence-electron chi connectivity index (χ4n) is 1.34. The third-order valence-corrected chi connectivity index (χ3v) is 4.19. The van der Waals surface area contributed by atoms with Gasteiger partial charge in [0, 0.05) is 6.07 Å². The van der Waals surface area contributed by atoms with Gasteiger partial charge in [-0.2, -0.15) is 5.10 Å². The van der Waals surface area contributed by atoms with E-state index < -0.39 is 5.91 Å². The fourth-order valence-corrected chi connectivity index (χ4v) is 3.09. The van der Waals surface area contributed by atoms with E-state index in [4.69, 9.17) is 4.74 Å². The minimum atomic E-state index is -0.448. The fraction of sp³-hybridized carbons (Fsp3) is 0.385. The third kappa shape index (κ3) is 4.97. The first-order valence-electron chi connectivity index (χ1n) is 6.13. The number of hydrazone groups is 1. The summed E-state index contributed by atoms with van der Waals surface area (Å²) in [6.07, 6.45) is 0. The van der Waals surface area contributed by atoms with Crippen LogP contribution in [0.1, 0.15) is 24.2 Å². The van der Waals surface area contributed by atoms with Crippen LogP contribution in [0.2, 0.25) is 0 Å². The van der Waals surface area contributed by atoms with Crippen LogP contribution in [-0.2, 0) is 0 Å². The number of methoxy groups -OCH3 is 1. The maximum absolute atomic E-state index is 11.9. The molecule has 0 fully saturated rings. The summed E-state index contributed by atoms with van der Waals surface area (Å²) in [4.78, 5) is 11.9. The Bertz CT molecular complexity index is 485. The Balaban J connectivity index is 2.77. The van der Waals surface area contributed by atoms with Crippen molar-refractivity contribution in [1.29, 1.82) is 0 Å². The summed E-state index contributed by atoms with van der Waals surface area (Å²) < 4.78 is 5.77. The van der Waals surface area contributed by atoms with Crippen LogP contribution in [0.5, 0.6) is 11.5 Å². The maximum atomic E-state index is 11.9. The minimum absolute atomic E-state index is 0.134. The van der Waals surface area contributed by atoms with E-state index in [1.807, 2.05) is 13.8 Å². The van der Waals surface area contributed by atoms with Crippen LogP contribution in [0, 0.1) is 0 Å². The van der Waals surface area contributed by atoms with Gasteiger partial charge in [-0.05, 0) is 23.6 Å².